The van der Waals surface area contributed by atoms with E-state index in [0.717, 1.165) is 5.69 Å². The molecule has 2 aromatic rings. The van der Waals surface area contributed by atoms with Crippen LogP contribution < -0.4 is 4.90 Å². The minimum atomic E-state index is -0.0892. The Labute approximate surface area is 104 Å². The lowest BCUT2D eigenvalue weighted by atomic mass is 10.3. The van der Waals surface area contributed by atoms with Crippen LogP contribution in [-0.2, 0) is 4.79 Å². The third-order valence-corrected chi connectivity index (χ3v) is 2.91. The summed E-state index contributed by atoms with van der Waals surface area (Å²) >= 11 is 1.44. The Kier molecular flexibility index (Phi) is 3.67. The van der Waals surface area contributed by atoms with Crippen molar-refractivity contribution in [3.63, 3.8) is 0 Å². The Morgan fingerprint density at radius 3 is 2.71 bits per heavy atom. The van der Waals surface area contributed by atoms with Crippen molar-refractivity contribution in [2.24, 2.45) is 0 Å². The number of thiazole rings is 1. The highest BCUT2D eigenvalue weighted by Gasteiger charge is 2.17. The first-order chi connectivity index (χ1) is 8.33. The van der Waals surface area contributed by atoms with Gasteiger partial charge < -0.3 is 0 Å². The van der Waals surface area contributed by atoms with Crippen LogP contribution in [0.2, 0.25) is 0 Å². The van der Waals surface area contributed by atoms with Gasteiger partial charge in [0.05, 0.1) is 5.69 Å². The van der Waals surface area contributed by atoms with Crippen molar-refractivity contribution in [3.8, 4) is 0 Å². The molecule has 1 aromatic heterocycles. The molecule has 0 bridgehead atoms. The molecule has 0 radical (unpaired) electrons. The third-order valence-electron chi connectivity index (χ3n) is 2.15. The maximum Gasteiger partial charge on any atom is 0.257 e. The molecule has 86 valence electrons. The van der Waals surface area contributed by atoms with Crippen LogP contribution >= 0.6 is 11.3 Å². The molecule has 0 saturated carbocycles. The van der Waals surface area contributed by atoms with Crippen molar-refractivity contribution in [2.45, 2.75) is 6.92 Å². The van der Waals surface area contributed by atoms with E-state index in [1.807, 2.05) is 42.6 Å². The molecule has 1 heterocycles. The average Bonchev–Trinajstić information content (AvgIpc) is 2.85. The number of anilines is 2. The quantitative estimate of drug-likeness (QED) is 0.775. The molecule has 0 N–H and O–H groups in total. The summed E-state index contributed by atoms with van der Waals surface area (Å²) in [7, 11) is 0. The number of benzene rings is 1. The molecule has 0 saturated heterocycles. The fourth-order valence-corrected chi connectivity index (χ4v) is 2.12. The summed E-state index contributed by atoms with van der Waals surface area (Å²) in [5, 5.41) is 2.54. The minimum absolute atomic E-state index is 0.0892. The van der Waals surface area contributed by atoms with E-state index in [1.165, 1.54) is 17.4 Å². The molecule has 0 aliphatic rings. The fourth-order valence-electron chi connectivity index (χ4n) is 1.45. The Morgan fingerprint density at radius 1 is 1.35 bits per heavy atom. The second-order valence-electron chi connectivity index (χ2n) is 3.32. The zero-order valence-corrected chi connectivity index (χ0v) is 10.2. The molecule has 0 fully saturated rings. The number of hydrogen-bond acceptors (Lipinski definition) is 3. The average molecular weight is 244 g/mol. The first-order valence-corrected chi connectivity index (χ1v) is 6.12. The van der Waals surface area contributed by atoms with Gasteiger partial charge >= 0.3 is 0 Å². The smallest absolute Gasteiger partial charge is 0.257 e. The molecule has 4 heteroatoms. The second kappa shape index (κ2) is 5.41. The van der Waals surface area contributed by atoms with Gasteiger partial charge in [0.15, 0.2) is 5.13 Å². The highest BCUT2D eigenvalue weighted by atomic mass is 32.1. The van der Waals surface area contributed by atoms with Gasteiger partial charge in [-0.15, -0.1) is 11.3 Å². The Bertz CT molecular complexity index is 505. The molecule has 2 rings (SSSR count). The first kappa shape index (κ1) is 11.5. The zero-order valence-electron chi connectivity index (χ0n) is 9.41. The lowest BCUT2D eigenvalue weighted by molar-refractivity contribution is -0.113. The van der Waals surface area contributed by atoms with Crippen molar-refractivity contribution in [3.05, 3.63) is 54.1 Å². The van der Waals surface area contributed by atoms with Gasteiger partial charge in [-0.25, -0.2) is 4.98 Å². The van der Waals surface area contributed by atoms with Crippen LogP contribution in [0.3, 0.4) is 0 Å². The van der Waals surface area contributed by atoms with Gasteiger partial charge in [0.1, 0.15) is 0 Å². The largest absolute Gasteiger partial charge is 0.269 e. The molecule has 17 heavy (non-hydrogen) atoms. The molecule has 3 nitrogen and oxygen atoms in total. The number of rotatable bonds is 3. The first-order valence-electron chi connectivity index (χ1n) is 5.24. The number of aromatic nitrogens is 1. The minimum Gasteiger partial charge on any atom is -0.269 e. The number of nitrogens with zero attached hydrogens (tertiary/aromatic N) is 2. The van der Waals surface area contributed by atoms with Crippen LogP contribution in [0.1, 0.15) is 6.92 Å². The summed E-state index contributed by atoms with van der Waals surface area (Å²) in [5.74, 6) is -0.0892. The molecular formula is C13H12N2OS. The predicted octanol–water partition coefficient (Wildman–Crippen LogP) is 3.38. The van der Waals surface area contributed by atoms with Gasteiger partial charge in [-0.05, 0) is 25.1 Å². The van der Waals surface area contributed by atoms with Crippen molar-refractivity contribution < 1.29 is 4.79 Å². The highest BCUT2D eigenvalue weighted by Crippen LogP contribution is 2.27. The normalized spacial score (nSPS) is 10.6. The van der Waals surface area contributed by atoms with Crippen LogP contribution in [0.15, 0.2) is 54.1 Å². The Balaban J connectivity index is 2.42. The molecule has 0 unspecified atom stereocenters. The summed E-state index contributed by atoms with van der Waals surface area (Å²) in [4.78, 5) is 17.8. The van der Waals surface area contributed by atoms with Gasteiger partial charge in [-0.3, -0.25) is 9.69 Å². The van der Waals surface area contributed by atoms with E-state index < -0.39 is 0 Å². The summed E-state index contributed by atoms with van der Waals surface area (Å²) in [5.41, 5.74) is 0.825. The van der Waals surface area contributed by atoms with Crippen molar-refractivity contribution >= 4 is 28.1 Å². The lowest BCUT2D eigenvalue weighted by Crippen LogP contribution is -2.23. The third kappa shape index (κ3) is 2.60. The molecule has 0 aliphatic carbocycles. The van der Waals surface area contributed by atoms with E-state index in [-0.39, 0.29) is 5.91 Å². The maximum absolute atomic E-state index is 12.0. The number of amides is 1. The Morgan fingerprint density at radius 2 is 2.12 bits per heavy atom. The van der Waals surface area contributed by atoms with Crippen LogP contribution in [0.25, 0.3) is 0 Å². The molecule has 0 atom stereocenters. The maximum atomic E-state index is 12.0. The van der Waals surface area contributed by atoms with Crippen molar-refractivity contribution in [1.29, 1.82) is 0 Å². The Hall–Kier alpha value is -1.94. The van der Waals surface area contributed by atoms with Crippen LogP contribution in [0.5, 0.6) is 0 Å². The van der Waals surface area contributed by atoms with Gasteiger partial charge in [-0.2, -0.15) is 0 Å². The van der Waals surface area contributed by atoms with Gasteiger partial charge in [-0.1, -0.05) is 24.3 Å². The number of para-hydroxylation sites is 1. The highest BCUT2D eigenvalue weighted by molar-refractivity contribution is 7.13. The van der Waals surface area contributed by atoms with E-state index in [2.05, 4.69) is 4.98 Å². The molecular weight excluding hydrogens is 232 g/mol. The van der Waals surface area contributed by atoms with Crippen LogP contribution in [0, 0.1) is 0 Å². The van der Waals surface area contributed by atoms with E-state index in [1.54, 1.807) is 17.2 Å². The zero-order chi connectivity index (χ0) is 12.1. The SMILES string of the molecule is CC=CC(=O)N(c1ccccc1)c1nccs1. The van der Waals surface area contributed by atoms with Gasteiger partial charge in [0, 0.05) is 11.6 Å². The van der Waals surface area contributed by atoms with E-state index in [0.29, 0.717) is 5.13 Å². The number of carbonyl (C=O) groups excluding carboxylic acids is 1. The monoisotopic (exact) mass is 244 g/mol. The van der Waals surface area contributed by atoms with Crippen molar-refractivity contribution in [1.82, 2.24) is 4.98 Å². The van der Waals surface area contributed by atoms with Crippen LogP contribution in [0.4, 0.5) is 10.8 Å². The fraction of sp³-hybridized carbons (Fsp3) is 0.0769. The molecule has 1 amide bonds. The molecule has 1 aromatic carbocycles. The second-order valence-corrected chi connectivity index (χ2v) is 4.20. The molecule has 0 spiro atoms. The molecule has 0 aliphatic heterocycles. The van der Waals surface area contributed by atoms with E-state index >= 15 is 0 Å². The summed E-state index contributed by atoms with van der Waals surface area (Å²) in [6.07, 6.45) is 4.96. The van der Waals surface area contributed by atoms with Crippen LogP contribution in [-0.4, -0.2) is 10.9 Å². The summed E-state index contributed by atoms with van der Waals surface area (Å²) in [6.45, 7) is 1.82. The lowest BCUT2D eigenvalue weighted by Gasteiger charge is -2.17. The van der Waals surface area contributed by atoms with Gasteiger partial charge in [0.25, 0.3) is 5.91 Å². The summed E-state index contributed by atoms with van der Waals surface area (Å²) < 4.78 is 0. The topological polar surface area (TPSA) is 33.2 Å². The number of carbonyl (C=O) groups is 1. The van der Waals surface area contributed by atoms with E-state index in [9.17, 15) is 4.79 Å². The standard InChI is InChI=1S/C13H12N2OS/c1-2-6-12(16)15(13-14-9-10-17-13)11-7-4-3-5-8-11/h2-10H,1H3. The number of allylic oxidation sites excluding steroid dienone is 1. The van der Waals surface area contributed by atoms with Gasteiger partial charge in [0.2, 0.25) is 0 Å². The predicted molar refractivity (Wildman–Crippen MR) is 70.5 cm³/mol. The summed E-state index contributed by atoms with van der Waals surface area (Å²) in [6, 6.07) is 9.51. The van der Waals surface area contributed by atoms with E-state index in [4.69, 9.17) is 0 Å². The van der Waals surface area contributed by atoms with Crippen molar-refractivity contribution in [2.75, 3.05) is 4.90 Å². The number of hydrogen-bond donors (Lipinski definition) is 0.